The zero-order valence-electron chi connectivity index (χ0n) is 15.3. The number of nitrogens with two attached hydrogens (primary N) is 1. The van der Waals surface area contributed by atoms with E-state index < -0.39 is 0 Å². The number of hydrogen-bond acceptors (Lipinski definition) is 4. The van der Waals surface area contributed by atoms with Crippen molar-refractivity contribution in [2.75, 3.05) is 20.2 Å². The predicted molar refractivity (Wildman–Crippen MR) is 97.3 cm³/mol. The zero-order valence-corrected chi connectivity index (χ0v) is 15.3. The molecule has 2 rings (SSSR count). The average Bonchev–Trinajstić information content (AvgIpc) is 2.61. The largest absolute Gasteiger partial charge is 0.496 e. The van der Waals surface area contributed by atoms with E-state index in [9.17, 15) is 9.59 Å². The third-order valence-corrected chi connectivity index (χ3v) is 4.93. The number of nitrogens with one attached hydrogen (secondary N) is 1. The molecule has 2 amide bonds. The number of rotatable bonds is 6. The Morgan fingerprint density at radius 3 is 2.52 bits per heavy atom. The molecule has 25 heavy (non-hydrogen) atoms. The SMILES string of the molecule is COc1ccccc1CC(=O)N1CCC(NC(=O)C(C)C(C)N)CC1. The Kier molecular flexibility index (Phi) is 6.82. The fourth-order valence-electron chi connectivity index (χ4n) is 2.97. The zero-order chi connectivity index (χ0) is 18.4. The van der Waals surface area contributed by atoms with E-state index in [4.69, 9.17) is 10.5 Å². The van der Waals surface area contributed by atoms with Crippen LogP contribution in [0.15, 0.2) is 24.3 Å². The highest BCUT2D eigenvalue weighted by Crippen LogP contribution is 2.20. The minimum absolute atomic E-state index is 0.00574. The van der Waals surface area contributed by atoms with E-state index in [1.54, 1.807) is 7.11 Å². The lowest BCUT2D eigenvalue weighted by atomic mass is 10.00. The molecule has 0 aliphatic carbocycles. The van der Waals surface area contributed by atoms with E-state index in [1.807, 2.05) is 43.0 Å². The van der Waals surface area contributed by atoms with E-state index >= 15 is 0 Å². The smallest absolute Gasteiger partial charge is 0.227 e. The third-order valence-electron chi connectivity index (χ3n) is 4.93. The molecule has 6 nitrogen and oxygen atoms in total. The Labute approximate surface area is 149 Å². The van der Waals surface area contributed by atoms with Crippen molar-refractivity contribution in [1.82, 2.24) is 10.2 Å². The van der Waals surface area contributed by atoms with Crippen LogP contribution in [0.5, 0.6) is 5.75 Å². The fraction of sp³-hybridized carbons (Fsp3) is 0.579. The van der Waals surface area contributed by atoms with Gasteiger partial charge in [0.1, 0.15) is 5.75 Å². The standard InChI is InChI=1S/C19H29N3O3/c1-13(14(2)20)19(24)21-16-8-10-22(11-9-16)18(23)12-15-6-4-5-7-17(15)25-3/h4-7,13-14,16H,8-12,20H2,1-3H3,(H,21,24). The summed E-state index contributed by atoms with van der Waals surface area (Å²) >= 11 is 0. The maximum Gasteiger partial charge on any atom is 0.227 e. The van der Waals surface area contributed by atoms with Gasteiger partial charge < -0.3 is 20.7 Å². The van der Waals surface area contributed by atoms with Crippen molar-refractivity contribution in [2.24, 2.45) is 11.7 Å². The van der Waals surface area contributed by atoms with Gasteiger partial charge in [0.25, 0.3) is 0 Å². The topological polar surface area (TPSA) is 84.7 Å². The Hall–Kier alpha value is -2.08. The summed E-state index contributed by atoms with van der Waals surface area (Å²) in [5.41, 5.74) is 6.68. The number of para-hydroxylation sites is 1. The van der Waals surface area contributed by atoms with Gasteiger partial charge in [0.2, 0.25) is 11.8 Å². The first-order valence-electron chi connectivity index (χ1n) is 8.88. The van der Waals surface area contributed by atoms with E-state index in [-0.39, 0.29) is 29.8 Å². The van der Waals surface area contributed by atoms with Gasteiger partial charge in [-0.3, -0.25) is 9.59 Å². The highest BCUT2D eigenvalue weighted by molar-refractivity contribution is 5.80. The number of carbonyl (C=O) groups excluding carboxylic acids is 2. The number of carbonyl (C=O) groups is 2. The van der Waals surface area contributed by atoms with Crippen LogP contribution >= 0.6 is 0 Å². The molecule has 0 aromatic heterocycles. The van der Waals surface area contributed by atoms with Crippen molar-refractivity contribution in [2.45, 2.75) is 45.2 Å². The van der Waals surface area contributed by atoms with Crippen LogP contribution < -0.4 is 15.8 Å². The minimum Gasteiger partial charge on any atom is -0.496 e. The van der Waals surface area contributed by atoms with Crippen molar-refractivity contribution >= 4 is 11.8 Å². The molecular formula is C19H29N3O3. The Morgan fingerprint density at radius 2 is 1.92 bits per heavy atom. The lowest BCUT2D eigenvalue weighted by molar-refractivity contribution is -0.131. The minimum atomic E-state index is -0.204. The Morgan fingerprint density at radius 1 is 1.28 bits per heavy atom. The summed E-state index contributed by atoms with van der Waals surface area (Å²) in [6.45, 7) is 4.99. The van der Waals surface area contributed by atoms with Gasteiger partial charge in [-0.15, -0.1) is 0 Å². The Bertz CT molecular complexity index is 595. The van der Waals surface area contributed by atoms with Crippen molar-refractivity contribution < 1.29 is 14.3 Å². The van der Waals surface area contributed by atoms with Crippen molar-refractivity contribution in [3.05, 3.63) is 29.8 Å². The summed E-state index contributed by atoms with van der Waals surface area (Å²) in [6, 6.07) is 7.53. The van der Waals surface area contributed by atoms with Gasteiger partial charge >= 0.3 is 0 Å². The van der Waals surface area contributed by atoms with Crippen molar-refractivity contribution in [1.29, 1.82) is 0 Å². The molecule has 0 bridgehead atoms. The van der Waals surface area contributed by atoms with Crippen molar-refractivity contribution in [3.63, 3.8) is 0 Å². The summed E-state index contributed by atoms with van der Waals surface area (Å²) in [4.78, 5) is 26.5. The van der Waals surface area contributed by atoms with Crippen LogP contribution in [0.4, 0.5) is 0 Å². The van der Waals surface area contributed by atoms with E-state index in [0.717, 1.165) is 24.2 Å². The van der Waals surface area contributed by atoms with Crippen LogP contribution in [-0.4, -0.2) is 49.0 Å². The van der Waals surface area contributed by atoms with E-state index in [0.29, 0.717) is 19.5 Å². The van der Waals surface area contributed by atoms with Gasteiger partial charge in [0.05, 0.1) is 13.5 Å². The second kappa shape index (κ2) is 8.85. The second-order valence-corrected chi connectivity index (χ2v) is 6.80. The first kappa shape index (κ1) is 19.2. The number of likely N-dealkylation sites (tertiary alicyclic amines) is 1. The highest BCUT2D eigenvalue weighted by atomic mass is 16.5. The first-order chi connectivity index (χ1) is 11.9. The van der Waals surface area contributed by atoms with Gasteiger partial charge in [-0.05, 0) is 25.8 Å². The van der Waals surface area contributed by atoms with E-state index in [2.05, 4.69) is 5.32 Å². The van der Waals surface area contributed by atoms with Gasteiger partial charge in [0, 0.05) is 36.7 Å². The fourth-order valence-corrected chi connectivity index (χ4v) is 2.97. The molecule has 0 radical (unpaired) electrons. The molecular weight excluding hydrogens is 318 g/mol. The molecule has 0 spiro atoms. The molecule has 1 aromatic carbocycles. The average molecular weight is 347 g/mol. The lowest BCUT2D eigenvalue weighted by Crippen LogP contribution is -2.49. The van der Waals surface area contributed by atoms with Gasteiger partial charge in [-0.25, -0.2) is 0 Å². The van der Waals surface area contributed by atoms with Gasteiger partial charge in [-0.2, -0.15) is 0 Å². The molecule has 1 fully saturated rings. The predicted octanol–water partition coefficient (Wildman–Crippen LogP) is 1.33. The van der Waals surface area contributed by atoms with Gasteiger partial charge in [-0.1, -0.05) is 25.1 Å². The number of nitrogens with zero attached hydrogens (tertiary/aromatic N) is 1. The number of benzene rings is 1. The first-order valence-corrected chi connectivity index (χ1v) is 8.88. The molecule has 1 aliphatic heterocycles. The lowest BCUT2D eigenvalue weighted by Gasteiger charge is -2.33. The van der Waals surface area contributed by atoms with E-state index in [1.165, 1.54) is 0 Å². The monoisotopic (exact) mass is 347 g/mol. The molecule has 1 aliphatic rings. The molecule has 3 N–H and O–H groups in total. The summed E-state index contributed by atoms with van der Waals surface area (Å²) in [5.74, 6) is 0.625. The van der Waals surface area contributed by atoms with Crippen LogP contribution in [0.1, 0.15) is 32.3 Å². The summed E-state index contributed by atoms with van der Waals surface area (Å²) < 4.78 is 5.31. The molecule has 2 unspecified atom stereocenters. The normalized spacial score (nSPS) is 17.7. The molecule has 1 saturated heterocycles. The van der Waals surface area contributed by atoms with Crippen molar-refractivity contribution in [3.8, 4) is 5.75 Å². The molecule has 0 saturated carbocycles. The number of piperidine rings is 1. The molecule has 2 atom stereocenters. The number of methoxy groups -OCH3 is 1. The maximum atomic E-state index is 12.5. The molecule has 6 heteroatoms. The van der Waals surface area contributed by atoms with Crippen LogP contribution in [0.3, 0.4) is 0 Å². The quantitative estimate of drug-likeness (QED) is 0.813. The summed E-state index contributed by atoms with van der Waals surface area (Å²) in [6.07, 6.45) is 1.88. The summed E-state index contributed by atoms with van der Waals surface area (Å²) in [5, 5.41) is 3.05. The van der Waals surface area contributed by atoms with Crippen LogP contribution in [0.25, 0.3) is 0 Å². The van der Waals surface area contributed by atoms with Gasteiger partial charge in [0.15, 0.2) is 0 Å². The molecule has 138 valence electrons. The number of ether oxygens (including phenoxy) is 1. The number of amides is 2. The molecule has 1 heterocycles. The molecule has 1 aromatic rings. The highest BCUT2D eigenvalue weighted by Gasteiger charge is 2.26. The van der Waals surface area contributed by atoms with Crippen LogP contribution in [0.2, 0.25) is 0 Å². The third kappa shape index (κ3) is 5.19. The summed E-state index contributed by atoms with van der Waals surface area (Å²) in [7, 11) is 1.61. The second-order valence-electron chi connectivity index (χ2n) is 6.80. The maximum absolute atomic E-state index is 12.5. The van der Waals surface area contributed by atoms with Crippen LogP contribution in [0, 0.1) is 5.92 Å². The van der Waals surface area contributed by atoms with Crippen LogP contribution in [-0.2, 0) is 16.0 Å². The number of hydrogen-bond donors (Lipinski definition) is 2. The Balaban J connectivity index is 1.83.